The number of pyridine rings is 1. The van der Waals surface area contributed by atoms with Gasteiger partial charge in [0, 0.05) is 23.3 Å². The zero-order valence-corrected chi connectivity index (χ0v) is 14.1. The molecule has 0 spiro atoms. The van der Waals surface area contributed by atoms with Gasteiger partial charge in [-0.3, -0.25) is 0 Å². The zero-order valence-electron chi connectivity index (χ0n) is 12.6. The number of rotatable bonds is 7. The van der Waals surface area contributed by atoms with Crippen LogP contribution in [0.4, 0.5) is 5.82 Å². The molecule has 4 nitrogen and oxygen atoms in total. The van der Waals surface area contributed by atoms with Gasteiger partial charge in [-0.15, -0.1) is 0 Å². The van der Waals surface area contributed by atoms with Gasteiger partial charge < -0.3 is 10.0 Å². The van der Waals surface area contributed by atoms with Crippen LogP contribution in [0.5, 0.6) is 0 Å². The Labute approximate surface area is 129 Å². The van der Waals surface area contributed by atoms with Crippen LogP contribution in [0.15, 0.2) is 16.7 Å². The van der Waals surface area contributed by atoms with Crippen LogP contribution in [0.3, 0.4) is 0 Å². The van der Waals surface area contributed by atoms with E-state index in [1.54, 1.807) is 12.3 Å². The number of carbonyl (C=O) groups is 1. The molecule has 0 aliphatic rings. The van der Waals surface area contributed by atoms with E-state index >= 15 is 0 Å². The largest absolute Gasteiger partial charge is 0.478 e. The van der Waals surface area contributed by atoms with Gasteiger partial charge in [-0.1, -0.05) is 27.7 Å². The summed E-state index contributed by atoms with van der Waals surface area (Å²) in [7, 11) is 0. The number of halogens is 1. The van der Waals surface area contributed by atoms with E-state index in [1.165, 1.54) is 0 Å². The first-order valence-corrected chi connectivity index (χ1v) is 7.85. The van der Waals surface area contributed by atoms with E-state index in [2.05, 4.69) is 53.5 Å². The number of anilines is 1. The van der Waals surface area contributed by atoms with Crippen molar-refractivity contribution >= 4 is 27.7 Å². The number of hydrogen-bond donors (Lipinski definition) is 1. The Balaban J connectivity index is 3.28. The molecule has 0 aliphatic carbocycles. The first-order valence-electron chi connectivity index (χ1n) is 7.06. The normalized spacial score (nSPS) is 11.2. The summed E-state index contributed by atoms with van der Waals surface area (Å²) < 4.78 is 0.688. The number of aromatic carboxylic acids is 1. The molecule has 1 aromatic rings. The summed E-state index contributed by atoms with van der Waals surface area (Å²) in [4.78, 5) is 18.0. The molecule has 1 N–H and O–H groups in total. The molecular weight excluding hydrogens is 320 g/mol. The van der Waals surface area contributed by atoms with Crippen LogP contribution < -0.4 is 4.90 Å². The molecule has 1 rings (SSSR count). The van der Waals surface area contributed by atoms with Gasteiger partial charge in [0.05, 0.1) is 0 Å². The molecule has 1 aromatic heterocycles. The van der Waals surface area contributed by atoms with Crippen LogP contribution in [-0.2, 0) is 0 Å². The Bertz CT molecular complexity index is 459. The lowest BCUT2D eigenvalue weighted by atomic mass is 10.1. The quantitative estimate of drug-likeness (QED) is 0.806. The van der Waals surface area contributed by atoms with Crippen molar-refractivity contribution < 1.29 is 9.90 Å². The van der Waals surface area contributed by atoms with E-state index in [-0.39, 0.29) is 5.56 Å². The molecule has 0 bridgehead atoms. The van der Waals surface area contributed by atoms with Crippen LogP contribution >= 0.6 is 15.9 Å². The zero-order chi connectivity index (χ0) is 15.3. The SMILES string of the molecule is CCC(CC)N(CC(C)C)c1ncc(Br)cc1C(=O)O. The van der Waals surface area contributed by atoms with E-state index in [1.807, 2.05) is 0 Å². The maximum Gasteiger partial charge on any atom is 0.339 e. The fourth-order valence-corrected chi connectivity index (χ4v) is 2.68. The summed E-state index contributed by atoms with van der Waals surface area (Å²) in [6.45, 7) is 9.33. The maximum absolute atomic E-state index is 11.5. The summed E-state index contributed by atoms with van der Waals surface area (Å²) in [5, 5.41) is 9.41. The van der Waals surface area contributed by atoms with Crippen LogP contribution in [0.1, 0.15) is 50.9 Å². The van der Waals surface area contributed by atoms with E-state index < -0.39 is 5.97 Å². The number of aromatic nitrogens is 1. The number of nitrogens with zero attached hydrogens (tertiary/aromatic N) is 2. The van der Waals surface area contributed by atoms with Gasteiger partial charge in [-0.25, -0.2) is 9.78 Å². The monoisotopic (exact) mass is 342 g/mol. The van der Waals surface area contributed by atoms with Crippen LogP contribution in [0, 0.1) is 5.92 Å². The lowest BCUT2D eigenvalue weighted by Crippen LogP contribution is -2.39. The maximum atomic E-state index is 11.5. The summed E-state index contributed by atoms with van der Waals surface area (Å²) in [5.74, 6) is 0.0827. The van der Waals surface area contributed by atoms with Gasteiger partial charge in [0.25, 0.3) is 0 Å². The minimum absolute atomic E-state index is 0.256. The third-order valence-corrected chi connectivity index (χ3v) is 3.71. The molecule has 0 saturated carbocycles. The smallest absolute Gasteiger partial charge is 0.339 e. The lowest BCUT2D eigenvalue weighted by molar-refractivity contribution is 0.0697. The molecule has 5 heteroatoms. The van der Waals surface area contributed by atoms with Gasteiger partial charge in [-0.05, 0) is 40.8 Å². The Morgan fingerprint density at radius 2 is 2.00 bits per heavy atom. The van der Waals surface area contributed by atoms with E-state index in [9.17, 15) is 9.90 Å². The van der Waals surface area contributed by atoms with Crippen molar-refractivity contribution in [1.82, 2.24) is 4.98 Å². The average Bonchev–Trinajstić information content (AvgIpc) is 2.38. The van der Waals surface area contributed by atoms with E-state index in [0.717, 1.165) is 19.4 Å². The van der Waals surface area contributed by atoms with Gasteiger partial charge in [-0.2, -0.15) is 0 Å². The average molecular weight is 343 g/mol. The molecule has 20 heavy (non-hydrogen) atoms. The third-order valence-electron chi connectivity index (χ3n) is 3.28. The van der Waals surface area contributed by atoms with Gasteiger partial charge in [0.1, 0.15) is 11.4 Å². The first-order chi connectivity index (χ1) is 9.40. The van der Waals surface area contributed by atoms with Gasteiger partial charge in [0.15, 0.2) is 0 Å². The molecule has 112 valence electrons. The number of carboxylic acids is 1. The summed E-state index contributed by atoms with van der Waals surface area (Å²) in [6, 6.07) is 1.93. The highest BCUT2D eigenvalue weighted by atomic mass is 79.9. The Hall–Kier alpha value is -1.10. The fraction of sp³-hybridized carbons (Fsp3) is 0.600. The molecular formula is C15H23BrN2O2. The van der Waals surface area contributed by atoms with E-state index in [0.29, 0.717) is 22.3 Å². The molecule has 0 atom stereocenters. The second kappa shape index (κ2) is 7.62. The molecule has 1 heterocycles. The van der Waals surface area contributed by atoms with E-state index in [4.69, 9.17) is 0 Å². The topological polar surface area (TPSA) is 53.4 Å². The van der Waals surface area contributed by atoms with Crippen molar-refractivity contribution in [3.8, 4) is 0 Å². The number of hydrogen-bond acceptors (Lipinski definition) is 3. The molecule has 0 saturated heterocycles. The highest BCUT2D eigenvalue weighted by molar-refractivity contribution is 9.10. The molecule has 0 fully saturated rings. The minimum atomic E-state index is -0.937. The van der Waals surface area contributed by atoms with Crippen LogP contribution in [-0.4, -0.2) is 28.6 Å². The fourth-order valence-electron chi connectivity index (χ4n) is 2.35. The van der Waals surface area contributed by atoms with Crippen molar-refractivity contribution in [2.45, 2.75) is 46.6 Å². The Morgan fingerprint density at radius 1 is 1.40 bits per heavy atom. The van der Waals surface area contributed by atoms with Gasteiger partial charge >= 0.3 is 5.97 Å². The Kier molecular flexibility index (Phi) is 6.46. The van der Waals surface area contributed by atoms with Crippen molar-refractivity contribution in [3.63, 3.8) is 0 Å². The second-order valence-electron chi connectivity index (χ2n) is 5.35. The number of carboxylic acid groups (broad SMARTS) is 1. The van der Waals surface area contributed by atoms with Crippen molar-refractivity contribution in [2.24, 2.45) is 5.92 Å². The van der Waals surface area contributed by atoms with Crippen molar-refractivity contribution in [3.05, 3.63) is 22.3 Å². The predicted octanol–water partition coefficient (Wildman–Crippen LogP) is 4.19. The standard InChI is InChI=1S/C15H23BrN2O2/c1-5-12(6-2)18(9-10(3)4)14-13(15(19)20)7-11(16)8-17-14/h7-8,10,12H,5-6,9H2,1-4H3,(H,19,20). The molecule has 0 unspecified atom stereocenters. The summed E-state index contributed by atoms with van der Waals surface area (Å²) in [6.07, 6.45) is 3.61. The molecule has 0 aromatic carbocycles. The lowest BCUT2D eigenvalue weighted by Gasteiger charge is -2.34. The molecule has 0 amide bonds. The predicted molar refractivity (Wildman–Crippen MR) is 85.5 cm³/mol. The summed E-state index contributed by atoms with van der Waals surface area (Å²) in [5.41, 5.74) is 0.256. The van der Waals surface area contributed by atoms with Gasteiger partial charge in [0.2, 0.25) is 0 Å². The summed E-state index contributed by atoms with van der Waals surface area (Å²) >= 11 is 3.29. The highest BCUT2D eigenvalue weighted by Crippen LogP contribution is 2.26. The van der Waals surface area contributed by atoms with Crippen molar-refractivity contribution in [2.75, 3.05) is 11.4 Å². The first kappa shape index (κ1) is 17.0. The van der Waals surface area contributed by atoms with Crippen molar-refractivity contribution in [1.29, 1.82) is 0 Å². The molecule has 0 aliphatic heterocycles. The highest BCUT2D eigenvalue weighted by Gasteiger charge is 2.23. The minimum Gasteiger partial charge on any atom is -0.478 e. The Morgan fingerprint density at radius 3 is 2.45 bits per heavy atom. The second-order valence-corrected chi connectivity index (χ2v) is 6.26. The molecule has 0 radical (unpaired) electrons. The van der Waals surface area contributed by atoms with Crippen LogP contribution in [0.2, 0.25) is 0 Å². The third kappa shape index (κ3) is 4.20. The van der Waals surface area contributed by atoms with Crippen LogP contribution in [0.25, 0.3) is 0 Å².